The molecule has 2 amide bonds. The highest BCUT2D eigenvalue weighted by Gasteiger charge is 2.17. The number of nitrogens with zero attached hydrogens (tertiary/aromatic N) is 1. The SMILES string of the molecule is C[C@H](NC(=O)Cc1csc(NC(=O)c2ccco2)n1)c1ccc2c(c1)OCCO2. The number of amides is 2. The molecule has 0 aliphatic carbocycles. The van der Waals surface area contributed by atoms with Crippen molar-refractivity contribution in [2.75, 3.05) is 18.5 Å². The number of aromatic nitrogens is 1. The van der Waals surface area contributed by atoms with Crippen LogP contribution in [0.3, 0.4) is 0 Å². The number of carbonyl (C=O) groups is 2. The van der Waals surface area contributed by atoms with E-state index in [1.165, 1.54) is 17.6 Å². The van der Waals surface area contributed by atoms with Gasteiger partial charge in [0.1, 0.15) is 13.2 Å². The molecule has 0 spiro atoms. The Morgan fingerprint density at radius 1 is 1.21 bits per heavy atom. The standard InChI is InChI=1S/C20H19N3O5S/c1-12(13-4-5-15-17(9-13)28-8-7-27-15)21-18(24)10-14-11-29-20(22-14)23-19(25)16-3-2-6-26-16/h2-6,9,11-12H,7-8,10H2,1H3,(H,21,24)(H,22,23,25)/t12-/m0/s1. The van der Waals surface area contributed by atoms with E-state index in [1.54, 1.807) is 17.5 Å². The molecule has 1 aliphatic rings. The van der Waals surface area contributed by atoms with Crippen LogP contribution in [0.15, 0.2) is 46.4 Å². The van der Waals surface area contributed by atoms with Crippen LogP contribution in [0.5, 0.6) is 11.5 Å². The number of hydrogen-bond donors (Lipinski definition) is 2. The van der Waals surface area contributed by atoms with E-state index in [0.29, 0.717) is 35.5 Å². The van der Waals surface area contributed by atoms with Crippen LogP contribution >= 0.6 is 11.3 Å². The number of rotatable bonds is 6. The van der Waals surface area contributed by atoms with Gasteiger partial charge < -0.3 is 19.2 Å². The molecule has 0 saturated heterocycles. The Hall–Kier alpha value is -3.33. The zero-order valence-electron chi connectivity index (χ0n) is 15.6. The normalized spacial score (nSPS) is 13.6. The molecule has 3 aromatic rings. The van der Waals surface area contributed by atoms with Gasteiger partial charge in [-0.1, -0.05) is 6.07 Å². The van der Waals surface area contributed by atoms with Crippen LogP contribution in [0, 0.1) is 0 Å². The summed E-state index contributed by atoms with van der Waals surface area (Å²) >= 11 is 1.25. The predicted molar refractivity (Wildman–Crippen MR) is 106 cm³/mol. The lowest BCUT2D eigenvalue weighted by Gasteiger charge is -2.21. The maximum absolute atomic E-state index is 12.4. The number of fused-ring (bicyclic) bond motifs is 1. The van der Waals surface area contributed by atoms with Crippen LogP contribution in [0.4, 0.5) is 5.13 Å². The van der Waals surface area contributed by atoms with E-state index >= 15 is 0 Å². The molecular weight excluding hydrogens is 394 g/mol. The van der Waals surface area contributed by atoms with Gasteiger partial charge in [0.15, 0.2) is 22.4 Å². The van der Waals surface area contributed by atoms with Crippen molar-refractivity contribution in [2.45, 2.75) is 19.4 Å². The summed E-state index contributed by atoms with van der Waals surface area (Å²) < 4.78 is 16.1. The summed E-state index contributed by atoms with van der Waals surface area (Å²) in [7, 11) is 0. The van der Waals surface area contributed by atoms with Crippen LogP contribution in [-0.4, -0.2) is 30.0 Å². The number of benzene rings is 1. The first-order valence-electron chi connectivity index (χ1n) is 9.06. The minimum Gasteiger partial charge on any atom is -0.486 e. The van der Waals surface area contributed by atoms with Crippen molar-refractivity contribution in [1.82, 2.24) is 10.3 Å². The van der Waals surface area contributed by atoms with E-state index in [-0.39, 0.29) is 30.0 Å². The van der Waals surface area contributed by atoms with Gasteiger partial charge in [0.25, 0.3) is 5.91 Å². The molecule has 8 nitrogen and oxygen atoms in total. The van der Waals surface area contributed by atoms with Crippen molar-refractivity contribution < 1.29 is 23.5 Å². The van der Waals surface area contributed by atoms with Crippen molar-refractivity contribution in [2.24, 2.45) is 0 Å². The van der Waals surface area contributed by atoms with E-state index in [1.807, 2.05) is 25.1 Å². The van der Waals surface area contributed by atoms with Crippen LogP contribution in [0.2, 0.25) is 0 Å². The fourth-order valence-corrected chi connectivity index (χ4v) is 3.59. The molecular formula is C20H19N3O5S. The second-order valence-electron chi connectivity index (χ2n) is 6.44. The van der Waals surface area contributed by atoms with Gasteiger partial charge in [0.05, 0.1) is 24.4 Å². The van der Waals surface area contributed by atoms with Gasteiger partial charge in [-0.25, -0.2) is 4.98 Å². The molecule has 1 aromatic carbocycles. The van der Waals surface area contributed by atoms with Crippen LogP contribution in [-0.2, 0) is 11.2 Å². The van der Waals surface area contributed by atoms with E-state index in [9.17, 15) is 9.59 Å². The third-order valence-corrected chi connectivity index (χ3v) is 5.11. The van der Waals surface area contributed by atoms with Crippen LogP contribution in [0.25, 0.3) is 0 Å². The average Bonchev–Trinajstić information content (AvgIpc) is 3.40. The first kappa shape index (κ1) is 19.0. The summed E-state index contributed by atoms with van der Waals surface area (Å²) in [5, 5.41) is 7.76. The Balaban J connectivity index is 1.32. The van der Waals surface area contributed by atoms with Gasteiger partial charge >= 0.3 is 0 Å². The second-order valence-corrected chi connectivity index (χ2v) is 7.30. The Kier molecular flexibility index (Phi) is 5.48. The molecule has 29 heavy (non-hydrogen) atoms. The summed E-state index contributed by atoms with van der Waals surface area (Å²) in [4.78, 5) is 28.7. The summed E-state index contributed by atoms with van der Waals surface area (Å²) in [5.41, 5.74) is 1.50. The Morgan fingerprint density at radius 3 is 2.83 bits per heavy atom. The van der Waals surface area contributed by atoms with Gasteiger partial charge in [0, 0.05) is 5.38 Å². The zero-order chi connectivity index (χ0) is 20.2. The molecule has 150 valence electrons. The monoisotopic (exact) mass is 413 g/mol. The molecule has 4 rings (SSSR count). The fourth-order valence-electron chi connectivity index (χ4n) is 2.88. The maximum Gasteiger partial charge on any atom is 0.293 e. The van der Waals surface area contributed by atoms with Gasteiger partial charge in [-0.2, -0.15) is 0 Å². The molecule has 2 N–H and O–H groups in total. The topological polar surface area (TPSA) is 103 Å². The minimum atomic E-state index is -0.382. The maximum atomic E-state index is 12.4. The lowest BCUT2D eigenvalue weighted by Crippen LogP contribution is -2.28. The van der Waals surface area contributed by atoms with Crippen molar-refractivity contribution in [3.8, 4) is 11.5 Å². The highest BCUT2D eigenvalue weighted by molar-refractivity contribution is 7.14. The molecule has 1 atom stereocenters. The largest absolute Gasteiger partial charge is 0.486 e. The van der Waals surface area contributed by atoms with Crippen molar-refractivity contribution in [3.63, 3.8) is 0 Å². The number of hydrogen-bond acceptors (Lipinski definition) is 7. The molecule has 0 radical (unpaired) electrons. The van der Waals surface area contributed by atoms with Gasteiger partial charge in [-0.05, 0) is 36.8 Å². The summed E-state index contributed by atoms with van der Waals surface area (Å²) in [6.45, 7) is 2.95. The van der Waals surface area contributed by atoms with Gasteiger partial charge in [0.2, 0.25) is 5.91 Å². The lowest BCUT2D eigenvalue weighted by molar-refractivity contribution is -0.121. The van der Waals surface area contributed by atoms with Crippen molar-refractivity contribution in [1.29, 1.82) is 0 Å². The number of nitrogens with one attached hydrogen (secondary N) is 2. The number of ether oxygens (including phenoxy) is 2. The van der Waals surface area contributed by atoms with E-state index in [2.05, 4.69) is 15.6 Å². The highest BCUT2D eigenvalue weighted by atomic mass is 32.1. The molecule has 0 unspecified atom stereocenters. The fraction of sp³-hybridized carbons (Fsp3) is 0.250. The van der Waals surface area contributed by atoms with Crippen LogP contribution in [0.1, 0.15) is 34.8 Å². The summed E-state index contributed by atoms with van der Waals surface area (Å²) in [6, 6.07) is 8.64. The van der Waals surface area contributed by atoms with E-state index < -0.39 is 0 Å². The Morgan fingerprint density at radius 2 is 2.03 bits per heavy atom. The van der Waals surface area contributed by atoms with Crippen molar-refractivity contribution >= 4 is 28.3 Å². The molecule has 0 fully saturated rings. The number of anilines is 1. The lowest BCUT2D eigenvalue weighted by atomic mass is 10.1. The smallest absolute Gasteiger partial charge is 0.293 e. The first-order chi connectivity index (χ1) is 14.1. The number of carbonyl (C=O) groups excluding carboxylic acids is 2. The quantitative estimate of drug-likeness (QED) is 0.643. The molecule has 2 aromatic heterocycles. The Labute approximate surface area is 170 Å². The highest BCUT2D eigenvalue weighted by Crippen LogP contribution is 2.32. The first-order valence-corrected chi connectivity index (χ1v) is 9.94. The van der Waals surface area contributed by atoms with Gasteiger partial charge in [-0.15, -0.1) is 11.3 Å². The molecule has 9 heteroatoms. The molecule has 0 bridgehead atoms. The predicted octanol–water partition coefficient (Wildman–Crippen LogP) is 3.18. The van der Waals surface area contributed by atoms with Crippen molar-refractivity contribution in [3.05, 3.63) is 59.0 Å². The average molecular weight is 413 g/mol. The zero-order valence-corrected chi connectivity index (χ0v) is 16.5. The molecule has 1 aliphatic heterocycles. The third kappa shape index (κ3) is 4.57. The second kappa shape index (κ2) is 8.36. The summed E-state index contributed by atoms with van der Waals surface area (Å²) in [6.07, 6.45) is 1.54. The van der Waals surface area contributed by atoms with Crippen LogP contribution < -0.4 is 20.1 Å². The number of furan rings is 1. The molecule has 0 saturated carbocycles. The van der Waals surface area contributed by atoms with E-state index in [0.717, 1.165) is 5.56 Å². The minimum absolute atomic E-state index is 0.113. The van der Waals surface area contributed by atoms with E-state index in [4.69, 9.17) is 13.9 Å². The third-order valence-electron chi connectivity index (χ3n) is 4.30. The van der Waals surface area contributed by atoms with Gasteiger partial charge in [-0.3, -0.25) is 14.9 Å². The Bertz CT molecular complexity index is 1020. The number of thiazole rings is 1. The molecule has 3 heterocycles. The summed E-state index contributed by atoms with van der Waals surface area (Å²) in [5.74, 6) is 1.05.